The lowest BCUT2D eigenvalue weighted by Gasteiger charge is -2.24. The monoisotopic (exact) mass is 269 g/mol. The van der Waals surface area contributed by atoms with Crippen LogP contribution in [0.25, 0.3) is 0 Å². The Morgan fingerprint density at radius 2 is 2.33 bits per heavy atom. The van der Waals surface area contributed by atoms with Gasteiger partial charge in [0, 0.05) is 25.0 Å². The molecule has 102 valence electrons. The van der Waals surface area contributed by atoms with E-state index in [1.54, 1.807) is 0 Å². The van der Waals surface area contributed by atoms with Gasteiger partial charge in [0.05, 0.1) is 11.4 Å². The first-order valence-electron chi connectivity index (χ1n) is 7.08. The molecule has 0 amide bonds. The normalized spacial score (nSPS) is 20.7. The molecule has 1 saturated heterocycles. The predicted molar refractivity (Wildman–Crippen MR) is 76.0 cm³/mol. The highest BCUT2D eigenvalue weighted by molar-refractivity contribution is 6.17. The van der Waals surface area contributed by atoms with Crippen LogP contribution in [0.3, 0.4) is 0 Å². The topological polar surface area (TPSA) is 21.1 Å². The minimum absolute atomic E-state index is 0.726. The summed E-state index contributed by atoms with van der Waals surface area (Å²) in [5.74, 6) is 0.788. The average Bonchev–Trinajstić information content (AvgIpc) is 2.94. The minimum Gasteiger partial charge on any atom is -0.295 e. The third-order valence-electron chi connectivity index (χ3n) is 3.82. The second-order valence-electron chi connectivity index (χ2n) is 5.19. The largest absolute Gasteiger partial charge is 0.295 e. The highest BCUT2D eigenvalue weighted by Gasteiger charge is 2.24. The maximum absolute atomic E-state index is 5.81. The maximum atomic E-state index is 5.81. The summed E-state index contributed by atoms with van der Waals surface area (Å²) in [6, 6.07) is 2.95. The Labute approximate surface area is 115 Å². The first kappa shape index (κ1) is 13.9. The van der Waals surface area contributed by atoms with Crippen molar-refractivity contribution < 1.29 is 0 Å². The zero-order valence-electron chi connectivity index (χ0n) is 11.5. The molecule has 0 saturated carbocycles. The summed E-state index contributed by atoms with van der Waals surface area (Å²) >= 11 is 5.81. The van der Waals surface area contributed by atoms with E-state index in [0.29, 0.717) is 0 Å². The highest BCUT2D eigenvalue weighted by Crippen LogP contribution is 2.24. The van der Waals surface area contributed by atoms with E-state index in [1.807, 2.05) is 0 Å². The minimum atomic E-state index is 0.726. The van der Waals surface area contributed by atoms with Gasteiger partial charge >= 0.3 is 0 Å². The van der Waals surface area contributed by atoms with Crippen LogP contribution >= 0.6 is 11.6 Å². The molecule has 0 bridgehead atoms. The summed E-state index contributed by atoms with van der Waals surface area (Å²) in [6.07, 6.45) is 5.03. The molecule has 0 aliphatic carbocycles. The molecular formula is C14H24ClN3. The van der Waals surface area contributed by atoms with E-state index in [0.717, 1.165) is 37.1 Å². The van der Waals surface area contributed by atoms with Crippen molar-refractivity contribution in [1.29, 1.82) is 0 Å². The van der Waals surface area contributed by atoms with Crippen molar-refractivity contribution in [2.45, 2.75) is 58.7 Å². The third kappa shape index (κ3) is 3.27. The van der Waals surface area contributed by atoms with Gasteiger partial charge in [-0.3, -0.25) is 9.58 Å². The first-order chi connectivity index (χ1) is 8.74. The fraction of sp³-hybridized carbons (Fsp3) is 0.786. The van der Waals surface area contributed by atoms with Gasteiger partial charge in [0.1, 0.15) is 0 Å². The molecule has 0 N–H and O–H groups in total. The van der Waals surface area contributed by atoms with Crippen LogP contribution in [0, 0.1) is 6.92 Å². The van der Waals surface area contributed by atoms with E-state index >= 15 is 0 Å². The Bertz CT molecular complexity index is 375. The molecule has 1 fully saturated rings. The van der Waals surface area contributed by atoms with E-state index in [1.165, 1.54) is 31.5 Å². The number of aromatic nitrogens is 2. The number of hydrogen-bond acceptors (Lipinski definition) is 2. The van der Waals surface area contributed by atoms with E-state index in [2.05, 4.69) is 34.6 Å². The molecule has 1 aromatic heterocycles. The summed E-state index contributed by atoms with van der Waals surface area (Å²) in [5.41, 5.74) is 2.48. The molecule has 1 aliphatic heterocycles. The van der Waals surface area contributed by atoms with Crippen LogP contribution in [0.4, 0.5) is 0 Å². The zero-order valence-corrected chi connectivity index (χ0v) is 12.3. The smallest absolute Gasteiger partial charge is 0.0597 e. The number of alkyl halides is 1. The first-order valence-corrected chi connectivity index (χ1v) is 7.61. The molecule has 0 aromatic carbocycles. The third-order valence-corrected chi connectivity index (χ3v) is 4.09. The van der Waals surface area contributed by atoms with Crippen molar-refractivity contribution in [1.82, 2.24) is 14.7 Å². The van der Waals surface area contributed by atoms with Crippen LogP contribution in [-0.4, -0.2) is 33.1 Å². The molecule has 1 atom stereocenters. The van der Waals surface area contributed by atoms with Crippen LogP contribution in [0.15, 0.2) is 6.07 Å². The molecule has 0 spiro atoms. The Kier molecular flexibility index (Phi) is 5.07. The van der Waals surface area contributed by atoms with Crippen LogP contribution in [0.1, 0.15) is 44.0 Å². The maximum Gasteiger partial charge on any atom is 0.0597 e. The number of likely N-dealkylation sites (tertiary alicyclic amines) is 1. The van der Waals surface area contributed by atoms with E-state index in [4.69, 9.17) is 11.6 Å². The summed E-state index contributed by atoms with van der Waals surface area (Å²) in [5, 5.41) is 4.53. The molecule has 18 heavy (non-hydrogen) atoms. The SMILES string of the molecule is CCn1nc(C)cc1CN1CCCC1CCCCl. The van der Waals surface area contributed by atoms with Gasteiger partial charge in [-0.15, -0.1) is 11.6 Å². The van der Waals surface area contributed by atoms with Crippen LogP contribution in [-0.2, 0) is 13.1 Å². The van der Waals surface area contributed by atoms with Gasteiger partial charge in [-0.05, 0) is 52.1 Å². The van der Waals surface area contributed by atoms with Gasteiger partial charge in [0.2, 0.25) is 0 Å². The van der Waals surface area contributed by atoms with Crippen LogP contribution in [0.2, 0.25) is 0 Å². The van der Waals surface area contributed by atoms with Crippen molar-refractivity contribution >= 4 is 11.6 Å². The van der Waals surface area contributed by atoms with Crippen molar-refractivity contribution in [3.63, 3.8) is 0 Å². The number of nitrogens with zero attached hydrogens (tertiary/aromatic N) is 3. The van der Waals surface area contributed by atoms with Crippen molar-refractivity contribution in [2.24, 2.45) is 0 Å². The van der Waals surface area contributed by atoms with Crippen molar-refractivity contribution in [3.8, 4) is 0 Å². The van der Waals surface area contributed by atoms with Gasteiger partial charge < -0.3 is 0 Å². The van der Waals surface area contributed by atoms with E-state index in [9.17, 15) is 0 Å². The number of rotatable bonds is 6. The standard InChI is InChI=1S/C14H24ClN3/c1-3-18-14(10-12(2)16-18)11-17-9-5-7-13(17)6-4-8-15/h10,13H,3-9,11H2,1-2H3. The fourth-order valence-corrected chi connectivity index (χ4v) is 3.11. The molecule has 1 aromatic rings. The molecule has 0 radical (unpaired) electrons. The Morgan fingerprint density at radius 3 is 3.06 bits per heavy atom. The average molecular weight is 270 g/mol. The van der Waals surface area contributed by atoms with Gasteiger partial charge in [-0.25, -0.2) is 0 Å². The van der Waals surface area contributed by atoms with Crippen molar-refractivity contribution in [3.05, 3.63) is 17.5 Å². The second-order valence-corrected chi connectivity index (χ2v) is 5.57. The Balaban J connectivity index is 1.98. The summed E-state index contributed by atoms with van der Waals surface area (Å²) in [4.78, 5) is 2.61. The Morgan fingerprint density at radius 1 is 1.50 bits per heavy atom. The fourth-order valence-electron chi connectivity index (χ4n) is 2.95. The molecule has 1 unspecified atom stereocenters. The zero-order chi connectivity index (χ0) is 13.0. The summed E-state index contributed by atoms with van der Waals surface area (Å²) in [7, 11) is 0. The quantitative estimate of drug-likeness (QED) is 0.740. The molecule has 4 heteroatoms. The second kappa shape index (κ2) is 6.58. The van der Waals surface area contributed by atoms with E-state index in [-0.39, 0.29) is 0 Å². The molecule has 1 aliphatic rings. The lowest BCUT2D eigenvalue weighted by Crippen LogP contribution is -2.30. The van der Waals surface area contributed by atoms with Crippen molar-refractivity contribution in [2.75, 3.05) is 12.4 Å². The molecular weight excluding hydrogens is 246 g/mol. The summed E-state index contributed by atoms with van der Waals surface area (Å²) in [6.45, 7) is 7.46. The molecule has 3 nitrogen and oxygen atoms in total. The van der Waals surface area contributed by atoms with Crippen LogP contribution in [0.5, 0.6) is 0 Å². The van der Waals surface area contributed by atoms with Gasteiger partial charge in [-0.2, -0.15) is 5.10 Å². The van der Waals surface area contributed by atoms with E-state index < -0.39 is 0 Å². The highest BCUT2D eigenvalue weighted by atomic mass is 35.5. The molecule has 2 heterocycles. The number of hydrogen-bond donors (Lipinski definition) is 0. The van der Waals surface area contributed by atoms with Gasteiger partial charge in [-0.1, -0.05) is 0 Å². The van der Waals surface area contributed by atoms with Gasteiger partial charge in [0.25, 0.3) is 0 Å². The Hall–Kier alpha value is -0.540. The van der Waals surface area contributed by atoms with Gasteiger partial charge in [0.15, 0.2) is 0 Å². The number of aryl methyl sites for hydroxylation is 2. The number of halogens is 1. The van der Waals surface area contributed by atoms with Crippen LogP contribution < -0.4 is 0 Å². The molecule has 2 rings (SSSR count). The summed E-state index contributed by atoms with van der Waals surface area (Å²) < 4.78 is 2.13. The predicted octanol–water partition coefficient (Wildman–Crippen LogP) is 3.19. The lowest BCUT2D eigenvalue weighted by atomic mass is 10.1. The lowest BCUT2D eigenvalue weighted by molar-refractivity contribution is 0.227.